The summed E-state index contributed by atoms with van der Waals surface area (Å²) in [6, 6.07) is 5.10. The lowest BCUT2D eigenvalue weighted by molar-refractivity contribution is -0.129. The highest BCUT2D eigenvalue weighted by molar-refractivity contribution is 5.83. The van der Waals surface area contributed by atoms with Crippen molar-refractivity contribution >= 4 is 11.6 Å². The predicted octanol–water partition coefficient (Wildman–Crippen LogP) is 1.60. The van der Waals surface area contributed by atoms with E-state index in [9.17, 15) is 9.18 Å². The maximum atomic E-state index is 14.2. The standard InChI is InChI=1S/C15H22FN3O/c1-3-7-17-10-12-5-4-6-13(16)15(12)19-9-8-18(2)14(20)11-19/h4-6,17H,3,7-11H2,1-2H3. The van der Waals surface area contributed by atoms with E-state index in [1.807, 2.05) is 11.0 Å². The molecule has 0 aliphatic carbocycles. The summed E-state index contributed by atoms with van der Waals surface area (Å²) in [5.41, 5.74) is 1.48. The van der Waals surface area contributed by atoms with Gasteiger partial charge in [0.05, 0.1) is 12.2 Å². The van der Waals surface area contributed by atoms with E-state index in [1.54, 1.807) is 18.0 Å². The molecule has 0 bridgehead atoms. The van der Waals surface area contributed by atoms with Crippen molar-refractivity contribution in [2.75, 3.05) is 38.1 Å². The number of carbonyl (C=O) groups is 1. The molecule has 0 radical (unpaired) electrons. The molecule has 1 aromatic rings. The Bertz CT molecular complexity index is 478. The van der Waals surface area contributed by atoms with Crippen molar-refractivity contribution < 1.29 is 9.18 Å². The molecule has 2 rings (SSSR count). The summed E-state index contributed by atoms with van der Waals surface area (Å²) >= 11 is 0. The summed E-state index contributed by atoms with van der Waals surface area (Å²) in [6.07, 6.45) is 1.04. The molecule has 0 aromatic heterocycles. The van der Waals surface area contributed by atoms with Crippen LogP contribution in [0.15, 0.2) is 18.2 Å². The molecular formula is C15H22FN3O. The Kier molecular flexibility index (Phi) is 4.95. The molecule has 1 N–H and O–H groups in total. The van der Waals surface area contributed by atoms with Gasteiger partial charge in [0.2, 0.25) is 5.91 Å². The third-order valence-corrected chi connectivity index (χ3v) is 3.59. The number of nitrogens with one attached hydrogen (secondary N) is 1. The zero-order valence-corrected chi connectivity index (χ0v) is 12.2. The molecule has 1 aliphatic rings. The van der Waals surface area contributed by atoms with Crippen molar-refractivity contribution in [3.05, 3.63) is 29.6 Å². The molecule has 1 aliphatic heterocycles. The van der Waals surface area contributed by atoms with Crippen LogP contribution in [0.5, 0.6) is 0 Å². The number of halogens is 1. The fraction of sp³-hybridized carbons (Fsp3) is 0.533. The van der Waals surface area contributed by atoms with Crippen LogP contribution in [-0.4, -0.2) is 44.0 Å². The Morgan fingerprint density at radius 3 is 2.85 bits per heavy atom. The number of hydrogen-bond acceptors (Lipinski definition) is 3. The fourth-order valence-corrected chi connectivity index (χ4v) is 2.41. The number of hydrogen-bond donors (Lipinski definition) is 1. The summed E-state index contributed by atoms with van der Waals surface area (Å²) in [5, 5.41) is 3.29. The summed E-state index contributed by atoms with van der Waals surface area (Å²) in [6.45, 7) is 5.18. The zero-order valence-electron chi connectivity index (χ0n) is 12.2. The molecule has 20 heavy (non-hydrogen) atoms. The highest BCUT2D eigenvalue weighted by Gasteiger charge is 2.24. The lowest BCUT2D eigenvalue weighted by Crippen LogP contribution is -2.49. The fourth-order valence-electron chi connectivity index (χ4n) is 2.41. The van der Waals surface area contributed by atoms with Crippen LogP contribution in [0.25, 0.3) is 0 Å². The minimum absolute atomic E-state index is 0.0342. The van der Waals surface area contributed by atoms with Gasteiger partial charge >= 0.3 is 0 Å². The molecule has 1 heterocycles. The number of nitrogens with zero attached hydrogens (tertiary/aromatic N) is 2. The predicted molar refractivity (Wildman–Crippen MR) is 78.2 cm³/mol. The molecule has 0 atom stereocenters. The smallest absolute Gasteiger partial charge is 0.241 e. The summed E-state index contributed by atoms with van der Waals surface area (Å²) < 4.78 is 14.2. The lowest BCUT2D eigenvalue weighted by Gasteiger charge is -2.34. The van der Waals surface area contributed by atoms with E-state index in [1.165, 1.54) is 6.07 Å². The first-order valence-corrected chi connectivity index (χ1v) is 7.10. The first kappa shape index (κ1) is 14.8. The molecule has 4 nitrogen and oxygen atoms in total. The average molecular weight is 279 g/mol. The SMILES string of the molecule is CCCNCc1cccc(F)c1N1CCN(C)C(=O)C1. The lowest BCUT2D eigenvalue weighted by atomic mass is 10.1. The van der Waals surface area contributed by atoms with Gasteiger partial charge in [-0.25, -0.2) is 4.39 Å². The van der Waals surface area contributed by atoms with E-state index >= 15 is 0 Å². The van der Waals surface area contributed by atoms with Gasteiger partial charge in [-0.3, -0.25) is 4.79 Å². The van der Waals surface area contributed by atoms with Crippen LogP contribution in [0, 0.1) is 5.82 Å². The largest absolute Gasteiger partial charge is 0.358 e. The van der Waals surface area contributed by atoms with Crippen LogP contribution in [0.3, 0.4) is 0 Å². The maximum Gasteiger partial charge on any atom is 0.241 e. The molecule has 1 aromatic carbocycles. The quantitative estimate of drug-likeness (QED) is 0.832. The molecule has 0 saturated carbocycles. The van der Waals surface area contributed by atoms with Gasteiger partial charge < -0.3 is 15.1 Å². The first-order valence-electron chi connectivity index (χ1n) is 7.10. The van der Waals surface area contributed by atoms with Gasteiger partial charge in [0, 0.05) is 26.7 Å². The van der Waals surface area contributed by atoms with Crippen LogP contribution < -0.4 is 10.2 Å². The average Bonchev–Trinajstić information content (AvgIpc) is 2.43. The third kappa shape index (κ3) is 3.28. The molecular weight excluding hydrogens is 257 g/mol. The summed E-state index contributed by atoms with van der Waals surface area (Å²) in [4.78, 5) is 15.3. The van der Waals surface area contributed by atoms with Gasteiger partial charge in [0.1, 0.15) is 5.82 Å². The molecule has 5 heteroatoms. The monoisotopic (exact) mass is 279 g/mol. The van der Waals surface area contributed by atoms with E-state index in [4.69, 9.17) is 0 Å². The zero-order chi connectivity index (χ0) is 14.5. The van der Waals surface area contributed by atoms with Gasteiger partial charge in [-0.15, -0.1) is 0 Å². The maximum absolute atomic E-state index is 14.2. The minimum atomic E-state index is -0.252. The van der Waals surface area contributed by atoms with E-state index in [-0.39, 0.29) is 18.3 Å². The Hall–Kier alpha value is -1.62. The Balaban J connectivity index is 2.19. The summed E-state index contributed by atoms with van der Waals surface area (Å²) in [7, 11) is 1.78. The number of amides is 1. The van der Waals surface area contributed by atoms with E-state index in [2.05, 4.69) is 12.2 Å². The van der Waals surface area contributed by atoms with Crippen molar-refractivity contribution in [2.24, 2.45) is 0 Å². The second-order valence-corrected chi connectivity index (χ2v) is 5.16. The van der Waals surface area contributed by atoms with Crippen LogP contribution >= 0.6 is 0 Å². The number of rotatable bonds is 5. The number of likely N-dealkylation sites (N-methyl/N-ethyl adjacent to an activating group) is 1. The van der Waals surface area contributed by atoms with E-state index < -0.39 is 0 Å². The number of benzene rings is 1. The topological polar surface area (TPSA) is 35.6 Å². The normalized spacial score (nSPS) is 15.8. The first-order chi connectivity index (χ1) is 9.63. The molecule has 0 unspecified atom stereocenters. The molecule has 1 amide bonds. The van der Waals surface area contributed by atoms with Crippen LogP contribution in [0.2, 0.25) is 0 Å². The number of anilines is 1. The van der Waals surface area contributed by atoms with Crippen LogP contribution in [0.4, 0.5) is 10.1 Å². The van der Waals surface area contributed by atoms with Crippen molar-refractivity contribution in [1.82, 2.24) is 10.2 Å². The third-order valence-electron chi connectivity index (χ3n) is 3.59. The molecule has 0 spiro atoms. The van der Waals surface area contributed by atoms with Crippen LogP contribution in [-0.2, 0) is 11.3 Å². The van der Waals surface area contributed by atoms with Gasteiger partial charge in [0.15, 0.2) is 0 Å². The Morgan fingerprint density at radius 1 is 1.35 bits per heavy atom. The van der Waals surface area contributed by atoms with Gasteiger partial charge in [-0.05, 0) is 24.6 Å². The van der Waals surface area contributed by atoms with E-state index in [0.717, 1.165) is 18.5 Å². The van der Waals surface area contributed by atoms with Gasteiger partial charge in [-0.2, -0.15) is 0 Å². The molecule has 1 saturated heterocycles. The molecule has 110 valence electrons. The number of para-hydroxylation sites is 1. The minimum Gasteiger partial charge on any atom is -0.358 e. The van der Waals surface area contributed by atoms with Gasteiger partial charge in [0.25, 0.3) is 0 Å². The second-order valence-electron chi connectivity index (χ2n) is 5.16. The Labute approximate surface area is 119 Å². The van der Waals surface area contributed by atoms with Crippen molar-refractivity contribution in [2.45, 2.75) is 19.9 Å². The number of carbonyl (C=O) groups excluding carboxylic acids is 1. The Morgan fingerprint density at radius 2 is 2.15 bits per heavy atom. The van der Waals surface area contributed by atoms with Crippen LogP contribution in [0.1, 0.15) is 18.9 Å². The van der Waals surface area contributed by atoms with E-state index in [0.29, 0.717) is 25.3 Å². The molecule has 1 fully saturated rings. The van der Waals surface area contributed by atoms with Gasteiger partial charge in [-0.1, -0.05) is 19.1 Å². The summed E-state index contributed by atoms with van der Waals surface area (Å²) in [5.74, 6) is -0.217. The van der Waals surface area contributed by atoms with Crippen molar-refractivity contribution in [1.29, 1.82) is 0 Å². The number of piperazine rings is 1. The van der Waals surface area contributed by atoms with Crippen molar-refractivity contribution in [3.8, 4) is 0 Å². The van der Waals surface area contributed by atoms with Crippen molar-refractivity contribution in [3.63, 3.8) is 0 Å². The highest BCUT2D eigenvalue weighted by Crippen LogP contribution is 2.25. The second kappa shape index (κ2) is 6.70. The highest BCUT2D eigenvalue weighted by atomic mass is 19.1.